The molecule has 4 heteroatoms. The molecule has 1 aromatic heterocycles. The van der Waals surface area contributed by atoms with Gasteiger partial charge in [-0.3, -0.25) is 0 Å². The molecule has 0 saturated heterocycles. The Hall–Kier alpha value is -1.32. The minimum Gasteiger partial charge on any atom is -0.474 e. The zero-order valence-electron chi connectivity index (χ0n) is 14.3. The smallest absolute Gasteiger partial charge is 0.222 e. The van der Waals surface area contributed by atoms with E-state index in [1.54, 1.807) is 0 Å². The van der Waals surface area contributed by atoms with Crippen molar-refractivity contribution in [3.8, 4) is 5.88 Å². The molecular weight excluding hydrogens is 262 g/mol. The maximum absolute atomic E-state index is 6.16. The van der Waals surface area contributed by atoms with E-state index < -0.39 is 0 Å². The molecule has 118 valence electrons. The maximum atomic E-state index is 6.16. The number of hydrogen-bond donors (Lipinski definition) is 1. The Morgan fingerprint density at radius 2 is 1.71 bits per heavy atom. The first-order valence-electron chi connectivity index (χ1n) is 7.90. The minimum atomic E-state index is -0.130. The van der Waals surface area contributed by atoms with E-state index in [0.717, 1.165) is 24.2 Å². The summed E-state index contributed by atoms with van der Waals surface area (Å²) in [6.45, 7) is 12.9. The SMILES string of the molecule is Cc1c(N)nc(C(C)(C)C)nc1OC1CCC(C)(C)CC1. The molecule has 21 heavy (non-hydrogen) atoms. The molecule has 2 rings (SSSR count). The van der Waals surface area contributed by atoms with E-state index in [1.165, 1.54) is 12.8 Å². The zero-order valence-corrected chi connectivity index (χ0v) is 14.3. The highest BCUT2D eigenvalue weighted by atomic mass is 16.5. The first kappa shape index (κ1) is 16.1. The fourth-order valence-corrected chi connectivity index (χ4v) is 2.61. The van der Waals surface area contributed by atoms with Crippen molar-refractivity contribution in [3.05, 3.63) is 11.4 Å². The summed E-state index contributed by atoms with van der Waals surface area (Å²) in [6.07, 6.45) is 4.81. The van der Waals surface area contributed by atoms with Gasteiger partial charge in [-0.15, -0.1) is 0 Å². The van der Waals surface area contributed by atoms with Crippen LogP contribution in [0.5, 0.6) is 5.88 Å². The lowest BCUT2D eigenvalue weighted by molar-refractivity contribution is 0.0937. The predicted octanol–water partition coefficient (Wildman–Crippen LogP) is 4.01. The molecule has 2 N–H and O–H groups in total. The number of nitrogen functional groups attached to an aromatic ring is 1. The standard InChI is InChI=1S/C17H29N3O/c1-11-13(18)19-15(16(2,3)4)20-14(11)21-12-7-9-17(5,6)10-8-12/h12H,7-10H2,1-6H3,(H2,18,19,20). The minimum absolute atomic E-state index is 0.130. The third-order valence-corrected chi connectivity index (χ3v) is 4.37. The molecule has 0 spiro atoms. The summed E-state index contributed by atoms with van der Waals surface area (Å²) in [6, 6.07) is 0. The summed E-state index contributed by atoms with van der Waals surface area (Å²) >= 11 is 0. The Bertz CT molecular complexity index is 508. The van der Waals surface area contributed by atoms with Crippen LogP contribution in [0, 0.1) is 12.3 Å². The van der Waals surface area contributed by atoms with E-state index >= 15 is 0 Å². The predicted molar refractivity (Wildman–Crippen MR) is 86.5 cm³/mol. The van der Waals surface area contributed by atoms with E-state index in [4.69, 9.17) is 10.5 Å². The lowest BCUT2D eigenvalue weighted by Gasteiger charge is -2.34. The van der Waals surface area contributed by atoms with Gasteiger partial charge in [0.15, 0.2) is 0 Å². The molecule has 0 bridgehead atoms. The van der Waals surface area contributed by atoms with Crippen LogP contribution in [0.2, 0.25) is 0 Å². The molecular formula is C17H29N3O. The van der Waals surface area contributed by atoms with Gasteiger partial charge in [-0.1, -0.05) is 34.6 Å². The number of nitrogens with zero attached hydrogens (tertiary/aromatic N) is 2. The number of aromatic nitrogens is 2. The van der Waals surface area contributed by atoms with Gasteiger partial charge >= 0.3 is 0 Å². The highest BCUT2D eigenvalue weighted by Gasteiger charge is 2.29. The molecule has 0 atom stereocenters. The normalized spacial score (nSPS) is 19.5. The molecule has 0 aromatic carbocycles. The number of hydrogen-bond acceptors (Lipinski definition) is 4. The van der Waals surface area contributed by atoms with Crippen LogP contribution < -0.4 is 10.5 Å². The van der Waals surface area contributed by atoms with E-state index in [0.29, 0.717) is 17.1 Å². The van der Waals surface area contributed by atoms with Gasteiger partial charge < -0.3 is 10.5 Å². The van der Waals surface area contributed by atoms with Crippen LogP contribution in [0.1, 0.15) is 71.7 Å². The number of rotatable bonds is 2. The van der Waals surface area contributed by atoms with Crippen LogP contribution >= 0.6 is 0 Å². The highest BCUT2D eigenvalue weighted by molar-refractivity contribution is 5.45. The van der Waals surface area contributed by atoms with Crippen molar-refractivity contribution in [1.29, 1.82) is 0 Å². The Balaban J connectivity index is 2.18. The van der Waals surface area contributed by atoms with Gasteiger partial charge in [0, 0.05) is 5.41 Å². The number of nitrogens with two attached hydrogens (primary N) is 1. The van der Waals surface area contributed by atoms with E-state index in [-0.39, 0.29) is 11.5 Å². The fourth-order valence-electron chi connectivity index (χ4n) is 2.61. The van der Waals surface area contributed by atoms with Crippen molar-refractivity contribution in [2.75, 3.05) is 5.73 Å². The van der Waals surface area contributed by atoms with Gasteiger partial charge in [0.25, 0.3) is 0 Å². The van der Waals surface area contributed by atoms with Crippen LogP contribution in [0.15, 0.2) is 0 Å². The molecule has 1 aromatic rings. The van der Waals surface area contributed by atoms with Crippen LogP contribution in [-0.2, 0) is 5.41 Å². The number of ether oxygens (including phenoxy) is 1. The third-order valence-electron chi connectivity index (χ3n) is 4.37. The summed E-state index contributed by atoms with van der Waals surface area (Å²) in [5, 5.41) is 0. The lowest BCUT2D eigenvalue weighted by Crippen LogP contribution is -2.29. The van der Waals surface area contributed by atoms with Crippen molar-refractivity contribution in [2.45, 2.75) is 78.7 Å². The fraction of sp³-hybridized carbons (Fsp3) is 0.765. The van der Waals surface area contributed by atoms with Crippen molar-refractivity contribution < 1.29 is 4.74 Å². The van der Waals surface area contributed by atoms with Crippen molar-refractivity contribution in [2.24, 2.45) is 5.41 Å². The number of anilines is 1. The summed E-state index contributed by atoms with van der Waals surface area (Å²) in [5.41, 5.74) is 7.20. The Kier molecular flexibility index (Phi) is 4.18. The monoisotopic (exact) mass is 291 g/mol. The van der Waals surface area contributed by atoms with Gasteiger partial charge in [-0.05, 0) is 38.0 Å². The van der Waals surface area contributed by atoms with Crippen LogP contribution in [0.3, 0.4) is 0 Å². The van der Waals surface area contributed by atoms with Gasteiger partial charge in [0.1, 0.15) is 17.7 Å². The molecule has 0 unspecified atom stereocenters. The van der Waals surface area contributed by atoms with Gasteiger partial charge in [0.05, 0.1) is 5.56 Å². The Morgan fingerprint density at radius 1 is 1.14 bits per heavy atom. The zero-order chi connectivity index (χ0) is 15.8. The van der Waals surface area contributed by atoms with Crippen molar-refractivity contribution >= 4 is 5.82 Å². The Labute approximate surface area is 128 Å². The molecule has 1 heterocycles. The van der Waals surface area contributed by atoms with Gasteiger partial charge in [-0.25, -0.2) is 4.98 Å². The second-order valence-electron chi connectivity index (χ2n) is 8.09. The average Bonchev–Trinajstić information content (AvgIpc) is 2.35. The molecule has 1 aliphatic rings. The molecule has 1 aliphatic carbocycles. The molecule has 4 nitrogen and oxygen atoms in total. The summed E-state index contributed by atoms with van der Waals surface area (Å²) in [4.78, 5) is 9.03. The second kappa shape index (κ2) is 5.47. The van der Waals surface area contributed by atoms with Gasteiger partial charge in [0.2, 0.25) is 5.88 Å². The lowest BCUT2D eigenvalue weighted by atomic mass is 9.76. The first-order valence-corrected chi connectivity index (χ1v) is 7.90. The topological polar surface area (TPSA) is 61.0 Å². The molecule has 0 radical (unpaired) electrons. The van der Waals surface area contributed by atoms with E-state index in [1.807, 2.05) is 6.92 Å². The van der Waals surface area contributed by atoms with Gasteiger partial charge in [-0.2, -0.15) is 4.98 Å². The summed E-state index contributed by atoms with van der Waals surface area (Å²) in [7, 11) is 0. The summed E-state index contributed by atoms with van der Waals surface area (Å²) in [5.74, 6) is 1.94. The van der Waals surface area contributed by atoms with Crippen LogP contribution in [0.25, 0.3) is 0 Å². The van der Waals surface area contributed by atoms with Crippen LogP contribution in [0.4, 0.5) is 5.82 Å². The largest absolute Gasteiger partial charge is 0.474 e. The first-order chi connectivity index (χ1) is 9.58. The highest BCUT2D eigenvalue weighted by Crippen LogP contribution is 2.37. The van der Waals surface area contributed by atoms with Crippen LogP contribution in [-0.4, -0.2) is 16.1 Å². The van der Waals surface area contributed by atoms with Crippen molar-refractivity contribution in [3.63, 3.8) is 0 Å². The molecule has 0 aliphatic heterocycles. The molecule has 0 amide bonds. The van der Waals surface area contributed by atoms with E-state index in [9.17, 15) is 0 Å². The third kappa shape index (κ3) is 3.86. The quantitative estimate of drug-likeness (QED) is 0.894. The average molecular weight is 291 g/mol. The molecule has 1 saturated carbocycles. The maximum Gasteiger partial charge on any atom is 0.222 e. The van der Waals surface area contributed by atoms with E-state index in [2.05, 4.69) is 44.6 Å². The summed E-state index contributed by atoms with van der Waals surface area (Å²) < 4.78 is 6.16. The second-order valence-corrected chi connectivity index (χ2v) is 8.09. The molecule has 1 fully saturated rings. The van der Waals surface area contributed by atoms with Crippen molar-refractivity contribution in [1.82, 2.24) is 9.97 Å². The Morgan fingerprint density at radius 3 is 2.24 bits per heavy atom.